The van der Waals surface area contributed by atoms with Crippen LogP contribution in [-0.2, 0) is 4.74 Å². The molecule has 2 aromatic carbocycles. The Balaban J connectivity index is 1.73. The molecule has 1 aliphatic rings. The molecule has 28 heavy (non-hydrogen) atoms. The van der Waals surface area contributed by atoms with Crippen molar-refractivity contribution < 1.29 is 28.0 Å². The number of nitro groups is 1. The number of ether oxygens (including phenoxy) is 1. The van der Waals surface area contributed by atoms with Crippen molar-refractivity contribution in [3.63, 3.8) is 0 Å². The van der Waals surface area contributed by atoms with Crippen molar-refractivity contribution in [2.24, 2.45) is 0 Å². The molecule has 1 heterocycles. The van der Waals surface area contributed by atoms with Gasteiger partial charge in [-0.1, -0.05) is 0 Å². The van der Waals surface area contributed by atoms with E-state index >= 15 is 0 Å². The molecule has 0 radical (unpaired) electrons. The van der Waals surface area contributed by atoms with Crippen LogP contribution >= 0.6 is 0 Å². The first-order chi connectivity index (χ1) is 13.4. The Hall–Kier alpha value is -3.36. The predicted molar refractivity (Wildman–Crippen MR) is 95.5 cm³/mol. The maximum Gasteiger partial charge on any atom is 0.338 e. The number of benzene rings is 2. The number of Topliss-reactive ketones (excluding diaryl/α,β-unsaturated/α-hetero) is 1. The minimum Gasteiger partial charge on any atom is -0.454 e. The van der Waals surface area contributed by atoms with Gasteiger partial charge in [-0.2, -0.15) is 0 Å². The molecule has 9 heteroatoms. The summed E-state index contributed by atoms with van der Waals surface area (Å²) in [6, 6.07) is 6.29. The maximum atomic E-state index is 13.6. The fraction of sp³-hybridized carbons (Fsp3) is 0.263. The zero-order valence-corrected chi connectivity index (χ0v) is 14.7. The largest absolute Gasteiger partial charge is 0.454 e. The van der Waals surface area contributed by atoms with Gasteiger partial charge >= 0.3 is 5.97 Å². The summed E-state index contributed by atoms with van der Waals surface area (Å²) in [7, 11) is 0. The number of ketones is 1. The van der Waals surface area contributed by atoms with Gasteiger partial charge in [-0.15, -0.1) is 0 Å². The number of rotatable bonds is 6. The van der Waals surface area contributed by atoms with Gasteiger partial charge in [0, 0.05) is 19.2 Å². The monoisotopic (exact) mass is 390 g/mol. The molecule has 7 nitrogen and oxygen atoms in total. The number of carbonyl (C=O) groups is 2. The van der Waals surface area contributed by atoms with E-state index in [9.17, 15) is 28.5 Å². The van der Waals surface area contributed by atoms with Crippen LogP contribution in [0.4, 0.5) is 20.2 Å². The van der Waals surface area contributed by atoms with E-state index in [-0.39, 0.29) is 11.3 Å². The third kappa shape index (κ3) is 4.13. The Morgan fingerprint density at radius 3 is 2.50 bits per heavy atom. The zero-order valence-electron chi connectivity index (χ0n) is 14.7. The second kappa shape index (κ2) is 8.12. The molecule has 0 amide bonds. The van der Waals surface area contributed by atoms with Crippen LogP contribution in [0.25, 0.3) is 0 Å². The van der Waals surface area contributed by atoms with Gasteiger partial charge in [0.05, 0.1) is 16.1 Å². The van der Waals surface area contributed by atoms with Crippen LogP contribution in [0.5, 0.6) is 0 Å². The van der Waals surface area contributed by atoms with E-state index in [4.69, 9.17) is 4.74 Å². The predicted octanol–water partition coefficient (Wildman–Crippen LogP) is 3.51. The second-order valence-electron chi connectivity index (χ2n) is 6.28. The van der Waals surface area contributed by atoms with Crippen molar-refractivity contribution in [3.8, 4) is 0 Å². The number of esters is 1. The van der Waals surface area contributed by atoms with E-state index < -0.39 is 40.5 Å². The minimum absolute atomic E-state index is 0.109. The second-order valence-corrected chi connectivity index (χ2v) is 6.28. The first kappa shape index (κ1) is 19.4. The number of anilines is 1. The summed E-state index contributed by atoms with van der Waals surface area (Å²) >= 11 is 0. The number of halogens is 2. The van der Waals surface area contributed by atoms with E-state index in [2.05, 4.69) is 0 Å². The van der Waals surface area contributed by atoms with Crippen LogP contribution < -0.4 is 4.90 Å². The van der Waals surface area contributed by atoms with Crippen molar-refractivity contribution in [2.45, 2.75) is 12.8 Å². The van der Waals surface area contributed by atoms with Crippen molar-refractivity contribution in [3.05, 3.63) is 69.3 Å². The minimum atomic E-state index is -0.971. The summed E-state index contributed by atoms with van der Waals surface area (Å²) in [5, 5.41) is 11.4. The van der Waals surface area contributed by atoms with Crippen LogP contribution in [0.1, 0.15) is 33.6 Å². The summed E-state index contributed by atoms with van der Waals surface area (Å²) < 4.78 is 31.6. The molecule has 1 fully saturated rings. The van der Waals surface area contributed by atoms with E-state index in [1.54, 1.807) is 0 Å². The average Bonchev–Trinajstić information content (AvgIpc) is 3.21. The molecule has 0 bridgehead atoms. The molecular weight excluding hydrogens is 374 g/mol. The molecule has 0 aliphatic carbocycles. The lowest BCUT2D eigenvalue weighted by molar-refractivity contribution is -0.384. The van der Waals surface area contributed by atoms with Crippen molar-refractivity contribution in [1.29, 1.82) is 0 Å². The normalized spacial score (nSPS) is 13.4. The Labute approximate surface area is 158 Å². The van der Waals surface area contributed by atoms with Gasteiger partial charge in [0.1, 0.15) is 17.3 Å². The molecular formula is C19H16F2N2O5. The highest BCUT2D eigenvalue weighted by molar-refractivity contribution is 5.99. The van der Waals surface area contributed by atoms with E-state index in [0.717, 1.165) is 31.0 Å². The highest BCUT2D eigenvalue weighted by Crippen LogP contribution is 2.31. The third-order valence-corrected chi connectivity index (χ3v) is 4.42. The maximum absolute atomic E-state index is 13.6. The highest BCUT2D eigenvalue weighted by Gasteiger charge is 2.24. The summed E-state index contributed by atoms with van der Waals surface area (Å²) in [6.07, 6.45) is 1.86. The molecule has 0 N–H and O–H groups in total. The van der Waals surface area contributed by atoms with Crippen LogP contribution in [0, 0.1) is 21.7 Å². The molecule has 0 aromatic heterocycles. The van der Waals surface area contributed by atoms with Crippen molar-refractivity contribution >= 4 is 23.1 Å². The van der Waals surface area contributed by atoms with Crippen LogP contribution in [0.3, 0.4) is 0 Å². The quantitative estimate of drug-likeness (QED) is 0.325. The molecule has 0 unspecified atom stereocenters. The molecule has 0 spiro atoms. The van der Waals surface area contributed by atoms with Crippen molar-refractivity contribution in [1.82, 2.24) is 0 Å². The lowest BCUT2D eigenvalue weighted by Gasteiger charge is -2.17. The summed E-state index contributed by atoms with van der Waals surface area (Å²) in [5.41, 5.74) is -0.471. The van der Waals surface area contributed by atoms with E-state index in [1.807, 2.05) is 4.90 Å². The van der Waals surface area contributed by atoms with Crippen LogP contribution in [-0.4, -0.2) is 36.4 Å². The van der Waals surface area contributed by atoms with Crippen LogP contribution in [0.2, 0.25) is 0 Å². The fourth-order valence-corrected chi connectivity index (χ4v) is 3.03. The lowest BCUT2D eigenvalue weighted by Crippen LogP contribution is -2.20. The summed E-state index contributed by atoms with van der Waals surface area (Å²) in [4.78, 5) is 36.8. The molecule has 1 saturated heterocycles. The number of hydrogen-bond donors (Lipinski definition) is 0. The molecule has 2 aromatic rings. The number of carbonyl (C=O) groups excluding carboxylic acids is 2. The number of hydrogen-bond acceptors (Lipinski definition) is 6. The van der Waals surface area contributed by atoms with Gasteiger partial charge in [0.2, 0.25) is 5.78 Å². The molecule has 0 saturated carbocycles. The van der Waals surface area contributed by atoms with Crippen LogP contribution in [0.15, 0.2) is 36.4 Å². The van der Waals surface area contributed by atoms with Gasteiger partial charge in [-0.3, -0.25) is 14.9 Å². The average molecular weight is 390 g/mol. The topological polar surface area (TPSA) is 89.8 Å². The van der Waals surface area contributed by atoms with Gasteiger partial charge < -0.3 is 9.64 Å². The van der Waals surface area contributed by atoms with Gasteiger partial charge in [0.15, 0.2) is 6.61 Å². The van der Waals surface area contributed by atoms with E-state index in [1.165, 1.54) is 12.1 Å². The summed E-state index contributed by atoms with van der Waals surface area (Å²) in [5.74, 6) is -3.63. The highest BCUT2D eigenvalue weighted by atomic mass is 19.1. The summed E-state index contributed by atoms with van der Waals surface area (Å²) in [6.45, 7) is 0.567. The Morgan fingerprint density at radius 2 is 1.82 bits per heavy atom. The smallest absolute Gasteiger partial charge is 0.338 e. The molecule has 0 atom stereocenters. The first-order valence-corrected chi connectivity index (χ1v) is 8.55. The fourth-order valence-electron chi connectivity index (χ4n) is 3.03. The molecule has 1 aliphatic heterocycles. The Kier molecular flexibility index (Phi) is 5.62. The third-order valence-electron chi connectivity index (χ3n) is 4.42. The molecule has 146 valence electrons. The Bertz CT molecular complexity index is 942. The van der Waals surface area contributed by atoms with Gasteiger partial charge in [-0.25, -0.2) is 13.6 Å². The number of nitrogens with zero attached hydrogens (tertiary/aromatic N) is 2. The van der Waals surface area contributed by atoms with Gasteiger partial charge in [0.25, 0.3) is 5.69 Å². The van der Waals surface area contributed by atoms with E-state index in [0.29, 0.717) is 24.8 Å². The van der Waals surface area contributed by atoms with Gasteiger partial charge in [-0.05, 0) is 43.2 Å². The zero-order chi connectivity index (χ0) is 20.3. The lowest BCUT2D eigenvalue weighted by atomic mass is 10.1. The van der Waals surface area contributed by atoms with Crippen molar-refractivity contribution in [2.75, 3.05) is 24.6 Å². The SMILES string of the molecule is O=C(OCC(=O)c1cc(F)ccc1F)c1ccc(N2CCCC2)c([N+](=O)[O-])c1. The molecule has 3 rings (SSSR count). The standard InChI is InChI=1S/C19H16F2N2O5/c20-13-4-5-15(21)14(10-13)18(24)11-28-19(25)12-3-6-16(17(9-12)23(26)27)22-7-1-2-8-22/h3-6,9-10H,1-2,7-8,11H2. The number of nitro benzene ring substituents is 1. The first-order valence-electron chi connectivity index (χ1n) is 8.55. The Morgan fingerprint density at radius 1 is 1.11 bits per heavy atom.